The summed E-state index contributed by atoms with van der Waals surface area (Å²) < 4.78 is 68.3. The van der Waals surface area contributed by atoms with Crippen LogP contribution >= 0.6 is 22.6 Å². The van der Waals surface area contributed by atoms with Crippen LogP contribution in [0.15, 0.2) is 0 Å². The number of rotatable bonds is 2. The van der Waals surface area contributed by atoms with Gasteiger partial charge in [-0.15, -0.1) is 0 Å². The monoisotopic (exact) mass is 292 g/mol. The quantitative estimate of drug-likeness (QED) is 0.417. The first-order valence-electron chi connectivity index (χ1n) is 2.36. The van der Waals surface area contributed by atoms with Crippen LogP contribution in [0, 0.1) is 0 Å². The molecule has 0 nitrogen and oxygen atoms in total. The van der Waals surface area contributed by atoms with Gasteiger partial charge in [0.25, 0.3) is 12.1 Å². The highest BCUT2D eigenvalue weighted by Gasteiger charge is 2.55. The van der Waals surface area contributed by atoms with E-state index in [1.807, 2.05) is 0 Å². The maximum atomic E-state index is 11.9. The molecule has 0 heterocycles. The first-order chi connectivity index (χ1) is 4.72. The van der Waals surface area contributed by atoms with E-state index in [9.17, 15) is 26.3 Å². The minimum Gasteiger partial charge on any atom is -0.231 e. The van der Waals surface area contributed by atoms with Crippen LogP contribution in [0.25, 0.3) is 0 Å². The van der Waals surface area contributed by atoms with E-state index in [4.69, 9.17) is 0 Å². The second kappa shape index (κ2) is 3.36. The second-order valence-corrected chi connectivity index (χ2v) is 2.56. The lowest BCUT2D eigenvalue weighted by molar-refractivity contribution is -0.236. The van der Waals surface area contributed by atoms with Crippen molar-refractivity contribution >= 4 is 22.6 Å². The molecule has 0 bridgehead atoms. The van der Waals surface area contributed by atoms with E-state index in [1.54, 1.807) is 0 Å². The van der Waals surface area contributed by atoms with E-state index in [0.29, 0.717) is 0 Å². The topological polar surface area (TPSA) is 0 Å². The summed E-state index contributed by atoms with van der Waals surface area (Å²) in [5, 5.41) is 0. The molecule has 0 aromatic heterocycles. The molecular weight excluding hydrogens is 289 g/mol. The van der Waals surface area contributed by atoms with Crippen molar-refractivity contribution in [1.82, 2.24) is 0 Å². The predicted molar refractivity (Wildman–Crippen MR) is 34.8 cm³/mol. The summed E-state index contributed by atoms with van der Waals surface area (Å²) in [4.78, 5) is 0. The van der Waals surface area contributed by atoms with Gasteiger partial charge in [0, 0.05) is 0 Å². The summed E-state index contributed by atoms with van der Waals surface area (Å²) in [6.45, 7) is 0. The van der Waals surface area contributed by atoms with Crippen molar-refractivity contribution in [2.45, 2.75) is 18.3 Å². The van der Waals surface area contributed by atoms with Crippen LogP contribution in [0.2, 0.25) is 0 Å². The van der Waals surface area contributed by atoms with Crippen LogP contribution in [0.5, 0.6) is 0 Å². The summed E-state index contributed by atoms with van der Waals surface area (Å²) in [6.07, 6.45) is -9.54. The van der Waals surface area contributed by atoms with Crippen molar-refractivity contribution < 1.29 is 26.3 Å². The molecule has 7 heteroatoms. The molecule has 0 aliphatic heterocycles. The Morgan fingerprint density at radius 3 is 1.55 bits per heavy atom. The van der Waals surface area contributed by atoms with Gasteiger partial charge in [-0.2, -0.15) is 13.2 Å². The molecule has 0 radical (unpaired) electrons. The van der Waals surface area contributed by atoms with Gasteiger partial charge in [-0.1, -0.05) is 22.6 Å². The Bertz CT molecular complexity index is 129. The van der Waals surface area contributed by atoms with E-state index in [0.717, 1.165) is 22.6 Å². The largest absolute Gasteiger partial charge is 0.425 e. The van der Waals surface area contributed by atoms with Crippen molar-refractivity contribution in [3.8, 4) is 0 Å². The Hall–Kier alpha value is 0.310. The van der Waals surface area contributed by atoms with Crippen LogP contribution in [0.1, 0.15) is 0 Å². The number of alkyl halides is 7. The fraction of sp³-hybridized carbons (Fsp3) is 1.00. The van der Waals surface area contributed by atoms with E-state index in [2.05, 4.69) is 0 Å². The Balaban J connectivity index is 4.35. The van der Waals surface area contributed by atoms with Gasteiger partial charge in [-0.05, 0) is 0 Å². The second-order valence-electron chi connectivity index (χ2n) is 1.80. The predicted octanol–water partition coefficient (Wildman–Crippen LogP) is 2.96. The summed E-state index contributed by atoms with van der Waals surface area (Å²) in [5.74, 6) is -4.32. The lowest BCUT2D eigenvalue weighted by atomic mass is 10.2. The zero-order chi connectivity index (χ0) is 9.28. The Morgan fingerprint density at radius 2 is 1.45 bits per heavy atom. The van der Waals surface area contributed by atoms with Gasteiger partial charge < -0.3 is 0 Å². The van der Waals surface area contributed by atoms with Crippen molar-refractivity contribution in [2.24, 2.45) is 0 Å². The summed E-state index contributed by atoms with van der Waals surface area (Å²) in [7, 11) is 0. The highest BCUT2D eigenvalue weighted by Crippen LogP contribution is 2.35. The molecule has 0 amide bonds. The van der Waals surface area contributed by atoms with Gasteiger partial charge in [-0.25, -0.2) is 13.2 Å². The molecule has 0 saturated heterocycles. The molecule has 0 fully saturated rings. The summed E-state index contributed by atoms with van der Waals surface area (Å²) >= 11 is 0.995. The fourth-order valence-electron chi connectivity index (χ4n) is 0.307. The normalized spacial score (nSPS) is 16.6. The lowest BCUT2D eigenvalue weighted by Crippen LogP contribution is -2.42. The number of hydrogen-bond donors (Lipinski definition) is 0. The third-order valence-corrected chi connectivity index (χ3v) is 1.85. The van der Waals surface area contributed by atoms with Crippen molar-refractivity contribution in [2.75, 3.05) is 4.43 Å². The lowest BCUT2D eigenvalue weighted by Gasteiger charge is -2.20. The maximum Gasteiger partial charge on any atom is 0.425 e. The molecule has 0 aromatic carbocycles. The van der Waals surface area contributed by atoms with Gasteiger partial charge in [0.15, 0.2) is 0 Å². The molecule has 0 saturated carbocycles. The smallest absolute Gasteiger partial charge is 0.231 e. The van der Waals surface area contributed by atoms with Crippen LogP contribution in [-0.2, 0) is 0 Å². The average molecular weight is 292 g/mol. The average Bonchev–Trinajstić information content (AvgIpc) is 1.84. The van der Waals surface area contributed by atoms with E-state index in [-0.39, 0.29) is 0 Å². The molecule has 0 aromatic rings. The van der Waals surface area contributed by atoms with Crippen molar-refractivity contribution in [3.05, 3.63) is 0 Å². The molecule has 1 unspecified atom stereocenters. The highest BCUT2D eigenvalue weighted by molar-refractivity contribution is 14.1. The first-order valence-corrected chi connectivity index (χ1v) is 3.89. The number of hydrogen-bond acceptors (Lipinski definition) is 0. The SMILES string of the molecule is FC(C(F)(F)F)C(F)(F)CI. The molecule has 0 spiro atoms. The molecular formula is C4H3F6I. The molecule has 11 heavy (non-hydrogen) atoms. The van der Waals surface area contributed by atoms with Gasteiger partial charge in [0.2, 0.25) is 0 Å². The molecule has 0 N–H and O–H groups in total. The molecule has 0 rings (SSSR count). The Labute approximate surface area is 72.1 Å². The van der Waals surface area contributed by atoms with Crippen LogP contribution in [0.4, 0.5) is 26.3 Å². The van der Waals surface area contributed by atoms with Gasteiger partial charge in [0.1, 0.15) is 0 Å². The third-order valence-electron chi connectivity index (χ3n) is 0.836. The van der Waals surface area contributed by atoms with Crippen LogP contribution in [-0.4, -0.2) is 22.7 Å². The minimum absolute atomic E-state index is 0.995. The Morgan fingerprint density at radius 1 is 1.09 bits per heavy atom. The van der Waals surface area contributed by atoms with Crippen LogP contribution < -0.4 is 0 Å². The van der Waals surface area contributed by atoms with Crippen molar-refractivity contribution in [3.63, 3.8) is 0 Å². The third kappa shape index (κ3) is 3.04. The van der Waals surface area contributed by atoms with E-state index >= 15 is 0 Å². The van der Waals surface area contributed by atoms with Crippen molar-refractivity contribution in [1.29, 1.82) is 0 Å². The van der Waals surface area contributed by atoms with Gasteiger partial charge in [0.05, 0.1) is 4.43 Å². The summed E-state index contributed by atoms with van der Waals surface area (Å²) in [5.41, 5.74) is 0. The molecule has 0 aliphatic carbocycles. The fourth-order valence-corrected chi connectivity index (χ4v) is 0.694. The van der Waals surface area contributed by atoms with Gasteiger partial charge >= 0.3 is 6.18 Å². The highest BCUT2D eigenvalue weighted by atomic mass is 127. The molecule has 0 aliphatic rings. The van der Waals surface area contributed by atoms with Crippen LogP contribution in [0.3, 0.4) is 0 Å². The maximum absolute atomic E-state index is 11.9. The summed E-state index contributed by atoms with van der Waals surface area (Å²) in [6, 6.07) is 0. The zero-order valence-corrected chi connectivity index (χ0v) is 7.09. The standard InChI is InChI=1S/C4H3F6I/c5-2(4(8,9)10)3(6,7)1-11/h2H,1H2. The van der Waals surface area contributed by atoms with E-state index < -0.39 is 22.7 Å². The van der Waals surface area contributed by atoms with E-state index in [1.165, 1.54) is 0 Å². The molecule has 1 atom stereocenters. The number of halogens is 7. The first kappa shape index (κ1) is 11.3. The molecule has 68 valence electrons. The Kier molecular flexibility index (Phi) is 3.45. The van der Waals surface area contributed by atoms with Gasteiger partial charge in [-0.3, -0.25) is 0 Å². The minimum atomic E-state index is -5.48. The zero-order valence-electron chi connectivity index (χ0n) is 4.93.